The van der Waals surface area contributed by atoms with E-state index in [0.717, 1.165) is 12.8 Å². The molecule has 0 radical (unpaired) electrons. The number of hydrogen-bond donors (Lipinski definition) is 3. The summed E-state index contributed by atoms with van der Waals surface area (Å²) in [5.41, 5.74) is 5.24. The SMILES string of the molecule is CCC(CC)(CN)NC(=O)CN1CC(=O)NC1=O.Cl. The van der Waals surface area contributed by atoms with E-state index in [9.17, 15) is 14.4 Å². The first kappa shape index (κ1) is 17.7. The first-order valence-corrected chi connectivity index (χ1v) is 6.06. The monoisotopic (exact) mass is 292 g/mol. The average molecular weight is 293 g/mol. The van der Waals surface area contributed by atoms with Crippen molar-refractivity contribution in [1.29, 1.82) is 0 Å². The standard InChI is InChI=1S/C11H20N4O3.ClH/c1-3-11(4-2,7-12)14-9(17)6-15-5-8(16)13-10(15)18;/h3-7,12H2,1-2H3,(H,14,17)(H,13,16,18);1H. The Morgan fingerprint density at radius 1 is 1.42 bits per heavy atom. The van der Waals surface area contributed by atoms with E-state index in [0.29, 0.717) is 6.54 Å². The number of hydrogen-bond acceptors (Lipinski definition) is 4. The van der Waals surface area contributed by atoms with E-state index in [1.807, 2.05) is 13.8 Å². The normalized spacial score (nSPS) is 15.0. The Hall–Kier alpha value is -1.34. The summed E-state index contributed by atoms with van der Waals surface area (Å²) in [7, 11) is 0. The van der Waals surface area contributed by atoms with E-state index >= 15 is 0 Å². The number of carbonyl (C=O) groups excluding carboxylic acids is 3. The predicted molar refractivity (Wildman–Crippen MR) is 72.9 cm³/mol. The predicted octanol–water partition coefficient (Wildman–Crippen LogP) is -0.406. The Morgan fingerprint density at radius 3 is 2.37 bits per heavy atom. The van der Waals surface area contributed by atoms with Gasteiger partial charge in [-0.05, 0) is 12.8 Å². The molecule has 0 aliphatic carbocycles. The third-order valence-corrected chi connectivity index (χ3v) is 3.35. The molecule has 1 aliphatic heterocycles. The van der Waals surface area contributed by atoms with Crippen LogP contribution in [0.15, 0.2) is 0 Å². The Kier molecular flexibility index (Phi) is 6.78. The molecular formula is C11H21ClN4O3. The van der Waals surface area contributed by atoms with E-state index < -0.39 is 11.6 Å². The van der Waals surface area contributed by atoms with Crippen LogP contribution in [0.25, 0.3) is 0 Å². The molecule has 7 nitrogen and oxygen atoms in total. The second-order valence-electron chi connectivity index (χ2n) is 4.45. The maximum atomic E-state index is 11.8. The van der Waals surface area contributed by atoms with Gasteiger partial charge in [-0.2, -0.15) is 0 Å². The van der Waals surface area contributed by atoms with Gasteiger partial charge in [-0.1, -0.05) is 13.8 Å². The lowest BCUT2D eigenvalue weighted by Gasteiger charge is -2.32. The third kappa shape index (κ3) is 4.36. The molecule has 4 N–H and O–H groups in total. The minimum atomic E-state index is -0.526. The largest absolute Gasteiger partial charge is 0.348 e. The molecule has 0 spiro atoms. The first-order chi connectivity index (χ1) is 8.46. The number of nitrogens with two attached hydrogens (primary N) is 1. The molecule has 19 heavy (non-hydrogen) atoms. The van der Waals surface area contributed by atoms with Crippen LogP contribution in [0, 0.1) is 0 Å². The molecule has 1 rings (SSSR count). The Bertz CT molecular complexity index is 350. The zero-order chi connectivity index (χ0) is 13.8. The lowest BCUT2D eigenvalue weighted by molar-refractivity contribution is -0.123. The summed E-state index contributed by atoms with van der Waals surface area (Å²) in [6, 6.07) is -0.526. The van der Waals surface area contributed by atoms with Crippen LogP contribution in [0.3, 0.4) is 0 Å². The minimum Gasteiger partial charge on any atom is -0.348 e. The number of carbonyl (C=O) groups is 3. The molecule has 8 heteroatoms. The van der Waals surface area contributed by atoms with Crippen LogP contribution < -0.4 is 16.4 Å². The highest BCUT2D eigenvalue weighted by atomic mass is 35.5. The fourth-order valence-corrected chi connectivity index (χ4v) is 1.89. The van der Waals surface area contributed by atoms with Gasteiger partial charge < -0.3 is 16.0 Å². The molecule has 0 bridgehead atoms. The van der Waals surface area contributed by atoms with Gasteiger partial charge in [-0.3, -0.25) is 14.9 Å². The molecule has 0 unspecified atom stereocenters. The molecular weight excluding hydrogens is 272 g/mol. The summed E-state index contributed by atoms with van der Waals surface area (Å²) in [6.45, 7) is 4.04. The topological polar surface area (TPSA) is 105 Å². The van der Waals surface area contributed by atoms with Crippen molar-refractivity contribution in [2.75, 3.05) is 19.6 Å². The van der Waals surface area contributed by atoms with Gasteiger partial charge in [-0.15, -0.1) is 12.4 Å². The van der Waals surface area contributed by atoms with Crippen molar-refractivity contribution in [1.82, 2.24) is 15.5 Å². The summed E-state index contributed by atoms with van der Waals surface area (Å²) in [5, 5.41) is 4.97. The minimum absolute atomic E-state index is 0. The number of amides is 4. The number of rotatable bonds is 6. The average Bonchev–Trinajstić information content (AvgIpc) is 2.65. The van der Waals surface area contributed by atoms with Crippen molar-refractivity contribution in [3.05, 3.63) is 0 Å². The highest BCUT2D eigenvalue weighted by Gasteiger charge is 2.31. The van der Waals surface area contributed by atoms with Crippen LogP contribution in [-0.4, -0.2) is 47.9 Å². The summed E-state index contributed by atoms with van der Waals surface area (Å²) < 4.78 is 0. The molecule has 4 amide bonds. The van der Waals surface area contributed by atoms with Gasteiger partial charge in [0.25, 0.3) is 0 Å². The number of halogens is 1. The lowest BCUT2D eigenvalue weighted by atomic mass is 9.93. The fourth-order valence-electron chi connectivity index (χ4n) is 1.89. The van der Waals surface area contributed by atoms with Crippen LogP contribution in [0.1, 0.15) is 26.7 Å². The molecule has 0 atom stereocenters. The van der Waals surface area contributed by atoms with E-state index in [4.69, 9.17) is 5.73 Å². The molecule has 110 valence electrons. The van der Waals surface area contributed by atoms with Crippen molar-refractivity contribution in [2.45, 2.75) is 32.2 Å². The van der Waals surface area contributed by atoms with E-state index in [-0.39, 0.29) is 37.3 Å². The van der Waals surface area contributed by atoms with Crippen molar-refractivity contribution in [3.8, 4) is 0 Å². The molecule has 1 saturated heterocycles. The number of nitrogens with zero attached hydrogens (tertiary/aromatic N) is 1. The Morgan fingerprint density at radius 2 is 2.00 bits per heavy atom. The molecule has 0 saturated carbocycles. The van der Waals surface area contributed by atoms with Gasteiger partial charge in [-0.25, -0.2) is 4.79 Å². The molecule has 0 aromatic rings. The van der Waals surface area contributed by atoms with Crippen LogP contribution in [0.2, 0.25) is 0 Å². The van der Waals surface area contributed by atoms with Crippen LogP contribution in [-0.2, 0) is 9.59 Å². The van der Waals surface area contributed by atoms with Gasteiger partial charge >= 0.3 is 6.03 Å². The quantitative estimate of drug-likeness (QED) is 0.579. The van der Waals surface area contributed by atoms with Gasteiger partial charge in [0, 0.05) is 6.54 Å². The Balaban J connectivity index is 0.00000324. The van der Waals surface area contributed by atoms with Crippen LogP contribution in [0.4, 0.5) is 4.79 Å². The maximum Gasteiger partial charge on any atom is 0.325 e. The number of urea groups is 1. The van der Waals surface area contributed by atoms with Gasteiger partial charge in [0.15, 0.2) is 0 Å². The molecule has 0 aromatic heterocycles. The lowest BCUT2D eigenvalue weighted by Crippen LogP contribution is -2.55. The first-order valence-electron chi connectivity index (χ1n) is 6.06. The van der Waals surface area contributed by atoms with E-state index in [1.165, 1.54) is 4.90 Å². The summed E-state index contributed by atoms with van der Waals surface area (Å²) in [5.74, 6) is -0.683. The van der Waals surface area contributed by atoms with Crippen molar-refractivity contribution in [3.63, 3.8) is 0 Å². The van der Waals surface area contributed by atoms with Gasteiger partial charge in [0.2, 0.25) is 11.8 Å². The maximum absolute atomic E-state index is 11.8. The highest BCUT2D eigenvalue weighted by Crippen LogP contribution is 2.13. The summed E-state index contributed by atoms with van der Waals surface area (Å²) in [6.07, 6.45) is 1.44. The highest BCUT2D eigenvalue weighted by molar-refractivity contribution is 6.03. The fraction of sp³-hybridized carbons (Fsp3) is 0.727. The van der Waals surface area contributed by atoms with Crippen LogP contribution in [0.5, 0.6) is 0 Å². The smallest absolute Gasteiger partial charge is 0.325 e. The van der Waals surface area contributed by atoms with Crippen LogP contribution >= 0.6 is 12.4 Å². The van der Waals surface area contributed by atoms with E-state index in [1.54, 1.807) is 0 Å². The van der Waals surface area contributed by atoms with Crippen molar-refractivity contribution < 1.29 is 14.4 Å². The number of nitrogens with one attached hydrogen (secondary N) is 2. The molecule has 1 aliphatic rings. The summed E-state index contributed by atoms with van der Waals surface area (Å²) >= 11 is 0. The third-order valence-electron chi connectivity index (χ3n) is 3.35. The zero-order valence-electron chi connectivity index (χ0n) is 11.2. The molecule has 1 fully saturated rings. The Labute approximate surface area is 118 Å². The summed E-state index contributed by atoms with van der Waals surface area (Å²) in [4.78, 5) is 35.3. The van der Waals surface area contributed by atoms with Gasteiger partial charge in [0.05, 0.1) is 5.54 Å². The zero-order valence-corrected chi connectivity index (χ0v) is 12.0. The second-order valence-corrected chi connectivity index (χ2v) is 4.45. The van der Waals surface area contributed by atoms with Crippen molar-refractivity contribution in [2.24, 2.45) is 5.73 Å². The number of imide groups is 1. The van der Waals surface area contributed by atoms with Gasteiger partial charge in [0.1, 0.15) is 13.1 Å². The van der Waals surface area contributed by atoms with Crippen molar-refractivity contribution >= 4 is 30.3 Å². The molecule has 0 aromatic carbocycles. The molecule has 1 heterocycles. The van der Waals surface area contributed by atoms with E-state index in [2.05, 4.69) is 10.6 Å². The second kappa shape index (κ2) is 7.30.